The van der Waals surface area contributed by atoms with E-state index in [4.69, 9.17) is 4.42 Å². The summed E-state index contributed by atoms with van der Waals surface area (Å²) in [4.78, 5) is 12.6. The van der Waals surface area contributed by atoms with Crippen molar-refractivity contribution in [1.82, 2.24) is 4.57 Å². The Balaban J connectivity index is 2.21. The molecule has 19 heavy (non-hydrogen) atoms. The van der Waals surface area contributed by atoms with E-state index >= 15 is 0 Å². The standard InChI is InChI=1S/C16H15NO2/c1-10-4-5-13-14(9-17(3)15(13)8-10)16(18)12-6-7-19-11(12)2/h4-9H,1-3H3. The Bertz CT molecular complexity index is 777. The Kier molecular flexibility index (Phi) is 2.56. The second-order valence-electron chi connectivity index (χ2n) is 4.89. The van der Waals surface area contributed by atoms with Crippen molar-refractivity contribution in [2.24, 2.45) is 7.05 Å². The summed E-state index contributed by atoms with van der Waals surface area (Å²) in [7, 11) is 1.96. The van der Waals surface area contributed by atoms with E-state index in [-0.39, 0.29) is 5.78 Å². The molecule has 0 radical (unpaired) electrons. The summed E-state index contributed by atoms with van der Waals surface area (Å²) in [6, 6.07) is 7.85. The summed E-state index contributed by atoms with van der Waals surface area (Å²) >= 11 is 0. The van der Waals surface area contributed by atoms with Crippen LogP contribution in [-0.4, -0.2) is 10.4 Å². The van der Waals surface area contributed by atoms with Gasteiger partial charge in [0.25, 0.3) is 0 Å². The maximum Gasteiger partial charge on any atom is 0.198 e. The van der Waals surface area contributed by atoms with E-state index in [9.17, 15) is 4.79 Å². The fourth-order valence-corrected chi connectivity index (χ4v) is 2.44. The predicted molar refractivity (Wildman–Crippen MR) is 74.5 cm³/mol. The van der Waals surface area contributed by atoms with Crippen LogP contribution in [0, 0.1) is 13.8 Å². The molecule has 3 aromatic rings. The molecule has 0 bridgehead atoms. The molecule has 2 heterocycles. The maximum absolute atomic E-state index is 12.6. The normalized spacial score (nSPS) is 11.1. The zero-order valence-electron chi connectivity index (χ0n) is 11.2. The van der Waals surface area contributed by atoms with Crippen LogP contribution < -0.4 is 0 Å². The first-order valence-corrected chi connectivity index (χ1v) is 6.22. The molecule has 1 aromatic carbocycles. The Hall–Kier alpha value is -2.29. The van der Waals surface area contributed by atoms with Gasteiger partial charge in [-0.05, 0) is 31.5 Å². The highest BCUT2D eigenvalue weighted by Gasteiger charge is 2.18. The molecule has 96 valence electrons. The van der Waals surface area contributed by atoms with Crippen molar-refractivity contribution < 1.29 is 9.21 Å². The van der Waals surface area contributed by atoms with Crippen LogP contribution in [0.15, 0.2) is 41.1 Å². The molecule has 0 amide bonds. The molecule has 0 saturated heterocycles. The highest BCUT2D eigenvalue weighted by atomic mass is 16.3. The molecule has 0 saturated carbocycles. The van der Waals surface area contributed by atoms with E-state index in [0.717, 1.165) is 16.5 Å². The molecule has 0 fully saturated rings. The van der Waals surface area contributed by atoms with Crippen molar-refractivity contribution in [1.29, 1.82) is 0 Å². The summed E-state index contributed by atoms with van der Waals surface area (Å²) in [6.07, 6.45) is 3.44. The number of aryl methyl sites for hydroxylation is 3. The molecule has 0 spiro atoms. The van der Waals surface area contributed by atoms with Crippen LogP contribution in [0.25, 0.3) is 10.9 Å². The van der Waals surface area contributed by atoms with Gasteiger partial charge in [0.05, 0.1) is 11.8 Å². The van der Waals surface area contributed by atoms with Crippen LogP contribution in [0.4, 0.5) is 0 Å². The van der Waals surface area contributed by atoms with Crippen LogP contribution in [0.5, 0.6) is 0 Å². The lowest BCUT2D eigenvalue weighted by molar-refractivity contribution is 0.103. The average molecular weight is 253 g/mol. The van der Waals surface area contributed by atoms with E-state index in [1.54, 1.807) is 12.3 Å². The van der Waals surface area contributed by atoms with Gasteiger partial charge in [0.15, 0.2) is 5.78 Å². The van der Waals surface area contributed by atoms with Gasteiger partial charge in [0.2, 0.25) is 0 Å². The van der Waals surface area contributed by atoms with Gasteiger partial charge in [-0.25, -0.2) is 0 Å². The van der Waals surface area contributed by atoms with Crippen LogP contribution >= 0.6 is 0 Å². The lowest BCUT2D eigenvalue weighted by atomic mass is 10.0. The zero-order valence-corrected chi connectivity index (χ0v) is 11.2. The number of aromatic nitrogens is 1. The molecule has 3 heteroatoms. The van der Waals surface area contributed by atoms with Gasteiger partial charge < -0.3 is 8.98 Å². The third-order valence-corrected chi connectivity index (χ3v) is 3.49. The summed E-state index contributed by atoms with van der Waals surface area (Å²) in [5.41, 5.74) is 3.62. The number of benzene rings is 1. The van der Waals surface area contributed by atoms with Crippen molar-refractivity contribution in [3.63, 3.8) is 0 Å². The number of nitrogens with zero attached hydrogens (tertiary/aromatic N) is 1. The van der Waals surface area contributed by atoms with Gasteiger partial charge in [0.1, 0.15) is 5.76 Å². The first kappa shape index (κ1) is 11.8. The molecule has 0 N–H and O–H groups in total. The number of rotatable bonds is 2. The molecule has 3 rings (SSSR count). The summed E-state index contributed by atoms with van der Waals surface area (Å²) in [6.45, 7) is 3.86. The van der Waals surface area contributed by atoms with Crippen molar-refractivity contribution >= 4 is 16.7 Å². The van der Waals surface area contributed by atoms with Crippen LogP contribution in [0.1, 0.15) is 27.2 Å². The number of carbonyl (C=O) groups excluding carboxylic acids is 1. The van der Waals surface area contributed by atoms with Gasteiger partial charge in [-0.3, -0.25) is 4.79 Å². The Morgan fingerprint density at radius 1 is 1.16 bits per heavy atom. The largest absolute Gasteiger partial charge is 0.469 e. The van der Waals surface area contributed by atoms with Gasteiger partial charge in [-0.1, -0.05) is 12.1 Å². The van der Waals surface area contributed by atoms with E-state index < -0.39 is 0 Å². The van der Waals surface area contributed by atoms with E-state index in [1.807, 2.05) is 43.8 Å². The first-order valence-electron chi connectivity index (χ1n) is 6.22. The van der Waals surface area contributed by atoms with E-state index in [0.29, 0.717) is 11.3 Å². The summed E-state index contributed by atoms with van der Waals surface area (Å²) in [5.74, 6) is 0.676. The minimum Gasteiger partial charge on any atom is -0.469 e. The molecule has 0 aliphatic rings. The van der Waals surface area contributed by atoms with E-state index in [1.165, 1.54) is 5.56 Å². The third-order valence-electron chi connectivity index (χ3n) is 3.49. The predicted octanol–water partition coefficient (Wildman–Crippen LogP) is 3.62. The number of furan rings is 1. The lowest BCUT2D eigenvalue weighted by Gasteiger charge is -1.99. The number of hydrogen-bond acceptors (Lipinski definition) is 2. The molecule has 0 unspecified atom stereocenters. The monoisotopic (exact) mass is 253 g/mol. The lowest BCUT2D eigenvalue weighted by Crippen LogP contribution is -2.00. The van der Waals surface area contributed by atoms with Crippen LogP contribution in [-0.2, 0) is 7.05 Å². The van der Waals surface area contributed by atoms with Gasteiger partial charge in [-0.15, -0.1) is 0 Å². The van der Waals surface area contributed by atoms with Crippen LogP contribution in [0.3, 0.4) is 0 Å². The molecular formula is C16H15NO2. The summed E-state index contributed by atoms with van der Waals surface area (Å²) in [5, 5.41) is 0.985. The summed E-state index contributed by atoms with van der Waals surface area (Å²) < 4.78 is 7.21. The Labute approximate surface area is 111 Å². The number of hydrogen-bond donors (Lipinski definition) is 0. The van der Waals surface area contributed by atoms with Crippen LogP contribution in [0.2, 0.25) is 0 Å². The fourth-order valence-electron chi connectivity index (χ4n) is 2.44. The zero-order chi connectivity index (χ0) is 13.6. The van der Waals surface area contributed by atoms with Crippen molar-refractivity contribution in [2.45, 2.75) is 13.8 Å². The highest BCUT2D eigenvalue weighted by molar-refractivity contribution is 6.16. The smallest absolute Gasteiger partial charge is 0.198 e. The molecule has 2 aromatic heterocycles. The minimum absolute atomic E-state index is 0.0145. The Morgan fingerprint density at radius 3 is 2.63 bits per heavy atom. The first-order chi connectivity index (χ1) is 9.08. The minimum atomic E-state index is 0.0145. The fraction of sp³-hybridized carbons (Fsp3) is 0.188. The van der Waals surface area contributed by atoms with Crippen molar-refractivity contribution in [3.8, 4) is 0 Å². The SMILES string of the molecule is Cc1ccc2c(C(=O)c3ccoc3C)cn(C)c2c1. The molecular weight excluding hydrogens is 238 g/mol. The van der Waals surface area contributed by atoms with E-state index in [2.05, 4.69) is 6.07 Å². The average Bonchev–Trinajstić information content (AvgIpc) is 2.94. The number of carbonyl (C=O) groups is 1. The Morgan fingerprint density at radius 2 is 1.95 bits per heavy atom. The quantitative estimate of drug-likeness (QED) is 0.654. The second kappa shape index (κ2) is 4.12. The highest BCUT2D eigenvalue weighted by Crippen LogP contribution is 2.25. The topological polar surface area (TPSA) is 35.1 Å². The number of fused-ring (bicyclic) bond motifs is 1. The molecule has 0 aliphatic carbocycles. The van der Waals surface area contributed by atoms with Crippen molar-refractivity contribution in [2.75, 3.05) is 0 Å². The maximum atomic E-state index is 12.6. The van der Waals surface area contributed by atoms with Gasteiger partial charge in [0, 0.05) is 29.7 Å². The van der Waals surface area contributed by atoms with Crippen molar-refractivity contribution in [3.05, 3.63) is 59.2 Å². The van der Waals surface area contributed by atoms with Gasteiger partial charge >= 0.3 is 0 Å². The van der Waals surface area contributed by atoms with Gasteiger partial charge in [-0.2, -0.15) is 0 Å². The molecule has 3 nitrogen and oxygen atoms in total. The molecule has 0 aliphatic heterocycles. The second-order valence-corrected chi connectivity index (χ2v) is 4.89. The number of ketones is 1. The third kappa shape index (κ3) is 1.78. The molecule has 0 atom stereocenters.